The molecule has 1 saturated carbocycles. The van der Waals surface area contributed by atoms with Crippen molar-refractivity contribution in [3.8, 4) is 16.9 Å². The van der Waals surface area contributed by atoms with Crippen molar-refractivity contribution in [1.82, 2.24) is 19.4 Å². The summed E-state index contributed by atoms with van der Waals surface area (Å²) in [7, 11) is -2.86. The molecule has 4 fully saturated rings. The maximum Gasteiger partial charge on any atom is 0.152 e. The molecule has 2 N–H and O–H groups in total. The highest BCUT2D eigenvalue weighted by Gasteiger charge is 2.46. The van der Waals surface area contributed by atoms with E-state index in [2.05, 4.69) is 37.8 Å². The van der Waals surface area contributed by atoms with E-state index in [0.717, 1.165) is 79.3 Å². The van der Waals surface area contributed by atoms with Crippen molar-refractivity contribution in [3.63, 3.8) is 0 Å². The van der Waals surface area contributed by atoms with E-state index < -0.39 is 9.84 Å². The summed E-state index contributed by atoms with van der Waals surface area (Å²) in [6.45, 7) is 1.90. The van der Waals surface area contributed by atoms with E-state index in [0.29, 0.717) is 43.7 Å². The van der Waals surface area contributed by atoms with E-state index in [1.165, 1.54) is 0 Å². The fourth-order valence-corrected chi connectivity index (χ4v) is 8.48. The number of anilines is 1. The minimum Gasteiger partial charge on any atom is -0.491 e. The first-order chi connectivity index (χ1) is 18.9. The summed E-state index contributed by atoms with van der Waals surface area (Å²) < 4.78 is 38.5. The molecule has 1 aromatic carbocycles. The van der Waals surface area contributed by atoms with Crippen molar-refractivity contribution in [3.05, 3.63) is 36.8 Å². The maximum atomic E-state index is 11.9. The van der Waals surface area contributed by atoms with Crippen molar-refractivity contribution in [2.75, 3.05) is 36.9 Å². The van der Waals surface area contributed by atoms with Crippen LogP contribution in [0.5, 0.6) is 5.75 Å². The van der Waals surface area contributed by atoms with Gasteiger partial charge in [-0.1, -0.05) is 12.1 Å². The van der Waals surface area contributed by atoms with Crippen LogP contribution in [-0.4, -0.2) is 76.8 Å². The van der Waals surface area contributed by atoms with Gasteiger partial charge >= 0.3 is 0 Å². The Labute approximate surface area is 229 Å². The summed E-state index contributed by atoms with van der Waals surface area (Å²) >= 11 is 0. The Bertz CT molecular complexity index is 1460. The van der Waals surface area contributed by atoms with E-state index in [4.69, 9.17) is 15.2 Å². The second kappa shape index (κ2) is 9.74. The lowest BCUT2D eigenvalue weighted by Gasteiger charge is -2.39. The first kappa shape index (κ1) is 25.3. The lowest BCUT2D eigenvalue weighted by molar-refractivity contribution is -0.0198. The Morgan fingerprint density at radius 1 is 1.03 bits per heavy atom. The summed E-state index contributed by atoms with van der Waals surface area (Å²) in [6, 6.07) is 8.98. The van der Waals surface area contributed by atoms with Crippen LogP contribution in [-0.2, 0) is 14.6 Å². The molecule has 39 heavy (non-hydrogen) atoms. The highest BCUT2D eigenvalue weighted by Crippen LogP contribution is 2.44. The molecule has 208 valence electrons. The zero-order valence-electron chi connectivity index (χ0n) is 22.3. The zero-order valence-corrected chi connectivity index (χ0v) is 23.1. The lowest BCUT2D eigenvalue weighted by Crippen LogP contribution is -2.47. The van der Waals surface area contributed by atoms with Gasteiger partial charge in [-0.2, -0.15) is 0 Å². The normalized spacial score (nSPS) is 30.6. The molecular weight excluding hydrogens is 514 g/mol. The third-order valence-corrected chi connectivity index (χ3v) is 11.1. The molecule has 10 heteroatoms. The smallest absolute Gasteiger partial charge is 0.152 e. The van der Waals surface area contributed by atoms with Gasteiger partial charge in [-0.15, -0.1) is 0 Å². The minimum absolute atomic E-state index is 0.115. The van der Waals surface area contributed by atoms with E-state index >= 15 is 0 Å². The fraction of sp³-hybridized carbons (Fsp3) is 0.586. The first-order valence-corrected chi connectivity index (χ1v) is 16.2. The first-order valence-electron chi connectivity index (χ1n) is 14.3. The number of sulfone groups is 1. The molecular formula is C29H37N5O4S. The number of rotatable bonds is 6. The number of nitrogen functional groups attached to an aromatic ring is 1. The fourth-order valence-electron chi connectivity index (χ4n) is 7.25. The second-order valence-electron chi connectivity index (χ2n) is 11.9. The summed E-state index contributed by atoms with van der Waals surface area (Å²) in [4.78, 5) is 11.4. The predicted octanol–water partition coefficient (Wildman–Crippen LogP) is 3.99. The number of nitrogens with zero attached hydrogens (tertiary/aromatic N) is 4. The van der Waals surface area contributed by atoms with E-state index in [1.54, 1.807) is 6.33 Å². The predicted molar refractivity (Wildman–Crippen MR) is 150 cm³/mol. The number of ether oxygens (including phenoxy) is 2. The van der Waals surface area contributed by atoms with Gasteiger partial charge in [-0.3, -0.25) is 4.90 Å². The number of nitrogens with two attached hydrogens (primary N) is 1. The molecule has 4 aliphatic rings. The van der Waals surface area contributed by atoms with Crippen LogP contribution in [0, 0.1) is 0 Å². The van der Waals surface area contributed by atoms with Crippen molar-refractivity contribution < 1.29 is 17.9 Å². The van der Waals surface area contributed by atoms with Gasteiger partial charge in [0, 0.05) is 36.9 Å². The van der Waals surface area contributed by atoms with Crippen molar-refractivity contribution in [1.29, 1.82) is 0 Å². The molecule has 1 aliphatic carbocycles. The monoisotopic (exact) mass is 551 g/mol. The number of hydrogen-bond acceptors (Lipinski definition) is 8. The molecule has 0 atom stereocenters. The minimum atomic E-state index is -2.86. The summed E-state index contributed by atoms with van der Waals surface area (Å²) in [5, 5.41) is 0.884. The second-order valence-corrected chi connectivity index (χ2v) is 14.2. The van der Waals surface area contributed by atoms with Crippen LogP contribution in [0.1, 0.15) is 57.4 Å². The molecule has 9 nitrogen and oxygen atoms in total. The molecule has 2 aromatic heterocycles. The molecule has 5 heterocycles. The molecule has 3 aromatic rings. The quantitative estimate of drug-likeness (QED) is 0.490. The number of hydrogen-bond donors (Lipinski definition) is 1. The highest BCUT2D eigenvalue weighted by molar-refractivity contribution is 7.91. The Balaban J connectivity index is 1.11. The average molecular weight is 552 g/mol. The highest BCUT2D eigenvalue weighted by atomic mass is 32.2. The number of benzene rings is 1. The third-order valence-electron chi connectivity index (χ3n) is 9.50. The Hall–Kier alpha value is -2.69. The maximum absolute atomic E-state index is 11.9. The van der Waals surface area contributed by atoms with Gasteiger partial charge in [-0.25, -0.2) is 18.4 Å². The lowest BCUT2D eigenvalue weighted by atomic mass is 9.89. The van der Waals surface area contributed by atoms with Crippen LogP contribution < -0.4 is 10.5 Å². The van der Waals surface area contributed by atoms with Crippen LogP contribution >= 0.6 is 0 Å². The van der Waals surface area contributed by atoms with Gasteiger partial charge in [0.2, 0.25) is 0 Å². The van der Waals surface area contributed by atoms with Crippen LogP contribution in [0.2, 0.25) is 0 Å². The van der Waals surface area contributed by atoms with Crippen LogP contribution in [0.4, 0.5) is 5.82 Å². The topological polar surface area (TPSA) is 113 Å². The van der Waals surface area contributed by atoms with E-state index in [-0.39, 0.29) is 17.1 Å². The van der Waals surface area contributed by atoms with Crippen molar-refractivity contribution >= 4 is 26.7 Å². The summed E-state index contributed by atoms with van der Waals surface area (Å²) in [5.74, 6) is 1.89. The van der Waals surface area contributed by atoms with E-state index in [9.17, 15) is 8.42 Å². The molecule has 0 spiro atoms. The van der Waals surface area contributed by atoms with Gasteiger partial charge in [0.1, 0.15) is 35.7 Å². The molecule has 0 amide bonds. The van der Waals surface area contributed by atoms with Crippen LogP contribution in [0.3, 0.4) is 0 Å². The van der Waals surface area contributed by atoms with Gasteiger partial charge in [0.15, 0.2) is 9.84 Å². The van der Waals surface area contributed by atoms with Gasteiger partial charge in [0.05, 0.1) is 23.0 Å². The van der Waals surface area contributed by atoms with Gasteiger partial charge in [0.25, 0.3) is 0 Å². The Morgan fingerprint density at radius 2 is 1.77 bits per heavy atom. The molecule has 7 rings (SSSR count). The summed E-state index contributed by atoms with van der Waals surface area (Å²) in [5.41, 5.74) is 9.24. The molecule has 0 unspecified atom stereocenters. The van der Waals surface area contributed by atoms with Gasteiger partial charge in [-0.05, 0) is 69.1 Å². The van der Waals surface area contributed by atoms with Gasteiger partial charge < -0.3 is 19.8 Å². The molecule has 0 radical (unpaired) electrons. The van der Waals surface area contributed by atoms with Crippen LogP contribution in [0.15, 0.2) is 36.8 Å². The summed E-state index contributed by atoms with van der Waals surface area (Å²) in [6.07, 6.45) is 12.7. The van der Waals surface area contributed by atoms with Crippen LogP contribution in [0.25, 0.3) is 22.2 Å². The standard InChI is InChI=1S/C29H37N5O4S/c30-27-26-25(20-2-1-3-24(16-20)37-18-29-10-8-23(38-29)9-11-29)17-34(28(26)32-19-31-27)22-6-4-21(5-7-22)33-12-14-39(35,36)15-13-33/h1-3,16-17,19,21-23H,4-15,18H2,(H2,30,31,32). The number of fused-ring (bicyclic) bond motifs is 3. The Kier molecular flexibility index (Phi) is 6.32. The van der Waals surface area contributed by atoms with E-state index in [1.807, 2.05) is 12.1 Å². The zero-order chi connectivity index (χ0) is 26.6. The molecule has 3 saturated heterocycles. The number of aromatic nitrogens is 3. The van der Waals surface area contributed by atoms with Crippen molar-refractivity contribution in [2.45, 2.75) is 75.2 Å². The Morgan fingerprint density at radius 3 is 2.49 bits per heavy atom. The SMILES string of the molecule is Nc1ncnc2c1c(-c1cccc(OCC34CCC(CC3)O4)c1)cn2C1CCC(N2CCS(=O)(=O)CC2)CC1. The third kappa shape index (κ3) is 4.80. The average Bonchev–Trinajstić information content (AvgIpc) is 3.67. The molecule has 2 bridgehead atoms. The van der Waals surface area contributed by atoms with Crippen molar-refractivity contribution in [2.24, 2.45) is 0 Å². The molecule has 3 aliphatic heterocycles. The largest absolute Gasteiger partial charge is 0.491 e.